The zero-order chi connectivity index (χ0) is 9.14. The lowest BCUT2D eigenvalue weighted by atomic mass is 10.4. The van der Waals surface area contributed by atoms with Crippen LogP contribution in [0.3, 0.4) is 0 Å². The van der Waals surface area contributed by atoms with E-state index in [2.05, 4.69) is 22.2 Å². The summed E-state index contributed by atoms with van der Waals surface area (Å²) < 4.78 is 0. The van der Waals surface area contributed by atoms with Crippen molar-refractivity contribution >= 4 is 11.9 Å². The number of hydrogen-bond acceptors (Lipinski definition) is 1. The minimum absolute atomic E-state index is 0.175. The predicted octanol–water partition coefficient (Wildman–Crippen LogP) is -0.631. The molecule has 0 heterocycles. The molecule has 0 fully saturated rings. The number of allylic oxidation sites excluding steroid dienone is 2. The maximum atomic E-state index is 5.49. The van der Waals surface area contributed by atoms with Crippen LogP contribution in [0.4, 0.5) is 0 Å². The van der Waals surface area contributed by atoms with E-state index < -0.39 is 0 Å². The highest BCUT2D eigenvalue weighted by molar-refractivity contribution is 5.94. The van der Waals surface area contributed by atoms with Gasteiger partial charge >= 0.3 is 0 Å². The summed E-state index contributed by atoms with van der Waals surface area (Å²) in [6, 6.07) is 0. The van der Waals surface area contributed by atoms with Gasteiger partial charge in [-0.15, -0.1) is 0 Å². The fourth-order valence-electron chi connectivity index (χ4n) is 0.726. The molecule has 0 saturated carbocycles. The molecular weight excluding hydrogens is 154 g/mol. The predicted molar refractivity (Wildman–Crippen MR) is 49.6 cm³/mol. The van der Waals surface area contributed by atoms with Gasteiger partial charge in [0.2, 0.25) is 11.9 Å². The molecule has 0 spiro atoms. The first-order valence-corrected chi connectivity index (χ1v) is 3.68. The van der Waals surface area contributed by atoms with Crippen molar-refractivity contribution in [3.05, 3.63) is 11.8 Å². The van der Waals surface area contributed by atoms with E-state index in [1.807, 2.05) is 6.08 Å². The summed E-state index contributed by atoms with van der Waals surface area (Å²) in [5.74, 6) is 0.946. The third kappa shape index (κ3) is 2.26. The van der Waals surface area contributed by atoms with Crippen molar-refractivity contribution < 1.29 is 0 Å². The van der Waals surface area contributed by atoms with Crippen molar-refractivity contribution in [3.63, 3.8) is 0 Å². The summed E-state index contributed by atoms with van der Waals surface area (Å²) >= 11 is 0. The standard InChI is InChI=1S/C7H13N5/c1-4-3-5(4)11-7(9)12-6(8)10-2/h3-4H,1-2H3,(H5,8,9,10,11,12). The first-order valence-electron chi connectivity index (χ1n) is 3.68. The molecular formula is C7H13N5. The number of nitrogens with one attached hydrogen (secondary N) is 1. The van der Waals surface area contributed by atoms with E-state index >= 15 is 0 Å². The molecule has 0 aromatic heterocycles. The van der Waals surface area contributed by atoms with Crippen LogP contribution in [-0.4, -0.2) is 19.0 Å². The Labute approximate surface area is 71.3 Å². The Hall–Kier alpha value is -1.52. The third-order valence-corrected chi connectivity index (χ3v) is 1.55. The van der Waals surface area contributed by atoms with Crippen LogP contribution in [-0.2, 0) is 0 Å². The third-order valence-electron chi connectivity index (χ3n) is 1.55. The Morgan fingerprint density at radius 2 is 2.17 bits per heavy atom. The monoisotopic (exact) mass is 167 g/mol. The van der Waals surface area contributed by atoms with E-state index in [4.69, 9.17) is 11.5 Å². The molecule has 5 nitrogen and oxygen atoms in total. The van der Waals surface area contributed by atoms with Gasteiger partial charge in [0, 0.05) is 18.7 Å². The molecule has 0 aromatic carbocycles. The van der Waals surface area contributed by atoms with E-state index in [-0.39, 0.29) is 11.9 Å². The molecule has 0 aromatic rings. The summed E-state index contributed by atoms with van der Waals surface area (Å²) in [5, 5.41) is 2.90. The molecule has 12 heavy (non-hydrogen) atoms. The smallest absolute Gasteiger partial charge is 0.218 e. The van der Waals surface area contributed by atoms with Gasteiger partial charge < -0.3 is 16.8 Å². The zero-order valence-electron chi connectivity index (χ0n) is 7.20. The molecule has 1 unspecified atom stereocenters. The van der Waals surface area contributed by atoms with Crippen molar-refractivity contribution in [2.24, 2.45) is 27.4 Å². The highest BCUT2D eigenvalue weighted by Gasteiger charge is 2.19. The molecule has 0 aliphatic heterocycles. The second-order valence-electron chi connectivity index (χ2n) is 2.61. The number of nitrogens with zero attached hydrogens (tertiary/aromatic N) is 2. The van der Waals surface area contributed by atoms with Gasteiger partial charge in [0.15, 0.2) is 0 Å². The van der Waals surface area contributed by atoms with Crippen LogP contribution in [0, 0.1) is 5.92 Å². The van der Waals surface area contributed by atoms with Crippen LogP contribution in [0.5, 0.6) is 0 Å². The second kappa shape index (κ2) is 3.25. The molecule has 1 atom stereocenters. The molecule has 0 radical (unpaired) electrons. The Morgan fingerprint density at radius 1 is 1.58 bits per heavy atom. The normalized spacial score (nSPS) is 23.5. The highest BCUT2D eigenvalue weighted by Crippen LogP contribution is 2.23. The summed E-state index contributed by atoms with van der Waals surface area (Å²) in [7, 11) is 1.56. The molecule has 66 valence electrons. The summed E-state index contributed by atoms with van der Waals surface area (Å²) in [6.45, 7) is 2.06. The molecule has 5 N–H and O–H groups in total. The fourth-order valence-corrected chi connectivity index (χ4v) is 0.726. The van der Waals surface area contributed by atoms with Gasteiger partial charge in [-0.25, -0.2) is 0 Å². The maximum Gasteiger partial charge on any atom is 0.218 e. The summed E-state index contributed by atoms with van der Waals surface area (Å²) in [4.78, 5) is 7.42. The Kier molecular flexibility index (Phi) is 2.32. The van der Waals surface area contributed by atoms with Crippen LogP contribution in [0.1, 0.15) is 6.92 Å². The van der Waals surface area contributed by atoms with Crippen LogP contribution >= 0.6 is 0 Å². The van der Waals surface area contributed by atoms with Crippen molar-refractivity contribution in [2.45, 2.75) is 6.92 Å². The minimum atomic E-state index is 0.175. The molecule has 5 heteroatoms. The highest BCUT2D eigenvalue weighted by atomic mass is 15.2. The van der Waals surface area contributed by atoms with Gasteiger partial charge in [-0.3, -0.25) is 4.99 Å². The topological polar surface area (TPSA) is 88.8 Å². The zero-order valence-corrected chi connectivity index (χ0v) is 7.20. The van der Waals surface area contributed by atoms with Crippen LogP contribution < -0.4 is 16.8 Å². The number of aliphatic imine (C=N–C) groups is 2. The van der Waals surface area contributed by atoms with Crippen LogP contribution in [0.2, 0.25) is 0 Å². The average Bonchev–Trinajstić information content (AvgIpc) is 2.66. The lowest BCUT2D eigenvalue weighted by molar-refractivity contribution is 0.959. The SMILES string of the molecule is CN=C(N)N=C(N)NC1=CC1C. The summed E-state index contributed by atoms with van der Waals surface area (Å²) in [6.07, 6.45) is 2.04. The molecule has 1 rings (SSSR count). The van der Waals surface area contributed by atoms with E-state index in [9.17, 15) is 0 Å². The molecule has 1 aliphatic carbocycles. The number of hydrogen-bond donors (Lipinski definition) is 3. The minimum Gasteiger partial charge on any atom is -0.369 e. The number of guanidine groups is 2. The lowest BCUT2D eigenvalue weighted by Crippen LogP contribution is -2.31. The van der Waals surface area contributed by atoms with Gasteiger partial charge in [0.1, 0.15) is 0 Å². The first kappa shape index (κ1) is 8.58. The molecule has 1 aliphatic rings. The van der Waals surface area contributed by atoms with E-state index in [1.165, 1.54) is 0 Å². The number of nitrogens with two attached hydrogens (primary N) is 2. The van der Waals surface area contributed by atoms with Gasteiger partial charge in [0.25, 0.3) is 0 Å². The van der Waals surface area contributed by atoms with Crippen molar-refractivity contribution in [3.8, 4) is 0 Å². The quantitative estimate of drug-likeness (QED) is 0.359. The molecule has 0 bridgehead atoms. The van der Waals surface area contributed by atoms with Crippen LogP contribution in [0.25, 0.3) is 0 Å². The molecule has 0 saturated heterocycles. The van der Waals surface area contributed by atoms with Gasteiger partial charge in [0.05, 0.1) is 0 Å². The Balaban J connectivity index is 2.42. The van der Waals surface area contributed by atoms with Gasteiger partial charge in [-0.05, 0) is 0 Å². The number of rotatable bonds is 1. The van der Waals surface area contributed by atoms with Crippen LogP contribution in [0.15, 0.2) is 21.8 Å². The van der Waals surface area contributed by atoms with Crippen molar-refractivity contribution in [1.82, 2.24) is 5.32 Å². The summed E-state index contributed by atoms with van der Waals surface area (Å²) in [5.41, 5.74) is 11.9. The first-order chi connectivity index (χ1) is 5.63. The van der Waals surface area contributed by atoms with E-state index in [0.29, 0.717) is 5.92 Å². The fraction of sp³-hybridized carbons (Fsp3) is 0.429. The molecule has 0 amide bonds. The largest absolute Gasteiger partial charge is 0.369 e. The van der Waals surface area contributed by atoms with E-state index in [0.717, 1.165) is 5.70 Å². The van der Waals surface area contributed by atoms with Crippen molar-refractivity contribution in [2.75, 3.05) is 7.05 Å². The van der Waals surface area contributed by atoms with E-state index in [1.54, 1.807) is 7.05 Å². The maximum absolute atomic E-state index is 5.49. The lowest BCUT2D eigenvalue weighted by Gasteiger charge is -2.00. The Bertz CT molecular complexity index is 263. The Morgan fingerprint density at radius 3 is 2.58 bits per heavy atom. The van der Waals surface area contributed by atoms with Gasteiger partial charge in [-0.1, -0.05) is 13.0 Å². The average molecular weight is 167 g/mol. The van der Waals surface area contributed by atoms with Crippen molar-refractivity contribution in [1.29, 1.82) is 0 Å². The van der Waals surface area contributed by atoms with Gasteiger partial charge in [-0.2, -0.15) is 4.99 Å². The second-order valence-corrected chi connectivity index (χ2v) is 2.61.